The molecule has 0 saturated heterocycles. The molecule has 1 aliphatic rings. The smallest absolute Gasteiger partial charge is 0.427 e. The monoisotopic (exact) mass is 610 g/mol. The lowest BCUT2D eigenvalue weighted by atomic mass is 9.84. The van der Waals surface area contributed by atoms with Gasteiger partial charge in [-0.05, 0) is 59.7 Å². The van der Waals surface area contributed by atoms with E-state index in [-0.39, 0.29) is 33.6 Å². The molecule has 1 aromatic heterocycles. The van der Waals surface area contributed by atoms with E-state index in [1.54, 1.807) is 6.92 Å². The number of carbonyl (C=O) groups is 2. The number of halogens is 4. The number of aryl methyl sites for hydroxylation is 1. The average molecular weight is 611 g/mol. The van der Waals surface area contributed by atoms with E-state index in [9.17, 15) is 36.3 Å². The SMILES string of the molecule is CCn1cc(S(=O)(=O)N2c3cc(NC(=O)OC(C)(C)C(F)(F)F)ccc3OC(CC(C)(C)C(=O)O)C2C)c(Cl)n1. The third kappa shape index (κ3) is 6.09. The number of nitrogens with one attached hydrogen (secondary N) is 1. The highest BCUT2D eigenvalue weighted by Crippen LogP contribution is 2.44. The molecule has 0 fully saturated rings. The number of hydrogen-bond donors (Lipinski definition) is 2. The molecule has 222 valence electrons. The Morgan fingerprint density at radius 2 is 1.85 bits per heavy atom. The van der Waals surface area contributed by atoms with E-state index in [0.29, 0.717) is 20.4 Å². The van der Waals surface area contributed by atoms with Gasteiger partial charge in [0.1, 0.15) is 16.7 Å². The first kappa shape index (κ1) is 31.3. The van der Waals surface area contributed by atoms with Crippen LogP contribution >= 0.6 is 11.6 Å². The predicted octanol–water partition coefficient (Wildman–Crippen LogP) is 5.29. The number of aliphatic carboxylic acids is 1. The van der Waals surface area contributed by atoms with Gasteiger partial charge in [-0.2, -0.15) is 18.3 Å². The number of alkyl halides is 3. The van der Waals surface area contributed by atoms with E-state index in [0.717, 1.165) is 4.31 Å². The number of carbonyl (C=O) groups excluding carboxylic acids is 1. The molecule has 2 heterocycles. The second kappa shape index (κ2) is 10.7. The zero-order chi connectivity index (χ0) is 30.4. The normalized spacial score (nSPS) is 18.1. The van der Waals surface area contributed by atoms with Crippen molar-refractivity contribution in [2.24, 2.45) is 5.41 Å². The topological polar surface area (TPSA) is 140 Å². The summed E-state index contributed by atoms with van der Waals surface area (Å²) in [7, 11) is -4.45. The molecule has 2 aromatic rings. The van der Waals surface area contributed by atoms with Crippen molar-refractivity contribution < 1.29 is 45.8 Å². The first-order valence-corrected chi connectivity index (χ1v) is 13.9. The molecule has 0 saturated carbocycles. The molecular formula is C24H30ClF3N4O7S. The maximum atomic E-state index is 14.0. The number of carboxylic acid groups (broad SMARTS) is 1. The van der Waals surface area contributed by atoms with Gasteiger partial charge in [-0.3, -0.25) is 19.1 Å². The second-order valence-electron chi connectivity index (χ2n) is 10.4. The van der Waals surface area contributed by atoms with Crippen molar-refractivity contribution in [3.05, 3.63) is 29.5 Å². The summed E-state index contributed by atoms with van der Waals surface area (Å²) in [6.07, 6.45) is -6.01. The lowest BCUT2D eigenvalue weighted by Crippen LogP contribution is -2.52. The maximum Gasteiger partial charge on any atom is 0.427 e. The van der Waals surface area contributed by atoms with Gasteiger partial charge in [-0.1, -0.05) is 11.6 Å². The van der Waals surface area contributed by atoms with E-state index >= 15 is 0 Å². The van der Waals surface area contributed by atoms with Crippen LogP contribution in [0.1, 0.15) is 48.0 Å². The van der Waals surface area contributed by atoms with Crippen LogP contribution in [-0.2, 0) is 26.1 Å². The van der Waals surface area contributed by atoms with Crippen molar-refractivity contribution in [3.63, 3.8) is 0 Å². The van der Waals surface area contributed by atoms with Gasteiger partial charge in [0.05, 0.1) is 17.1 Å². The molecule has 2 unspecified atom stereocenters. The number of amides is 1. The third-order valence-electron chi connectivity index (χ3n) is 6.50. The van der Waals surface area contributed by atoms with Gasteiger partial charge < -0.3 is 14.6 Å². The molecule has 40 heavy (non-hydrogen) atoms. The predicted molar refractivity (Wildman–Crippen MR) is 139 cm³/mol. The molecule has 0 aliphatic carbocycles. The molecule has 2 atom stereocenters. The van der Waals surface area contributed by atoms with Gasteiger partial charge in [0.15, 0.2) is 5.15 Å². The fourth-order valence-corrected chi connectivity index (χ4v) is 6.04. The third-order valence-corrected chi connectivity index (χ3v) is 8.79. The summed E-state index contributed by atoms with van der Waals surface area (Å²) in [6, 6.07) is 2.81. The van der Waals surface area contributed by atoms with Crippen LogP contribution in [0.5, 0.6) is 5.75 Å². The van der Waals surface area contributed by atoms with Crippen molar-refractivity contribution in [3.8, 4) is 5.75 Å². The minimum atomic E-state index is -4.84. The molecule has 2 N–H and O–H groups in total. The van der Waals surface area contributed by atoms with Gasteiger partial charge in [-0.25, -0.2) is 13.2 Å². The summed E-state index contributed by atoms with van der Waals surface area (Å²) in [5, 5.41) is 15.5. The first-order chi connectivity index (χ1) is 18.2. The fourth-order valence-electron chi connectivity index (χ4n) is 3.90. The molecule has 0 bridgehead atoms. The Kier molecular flexibility index (Phi) is 8.34. The standard InChI is InChI=1S/C24H30ClF3N4O7S/c1-7-31-12-18(19(25)30-31)40(36,37)32-13(2)17(11-22(3,4)20(33)34)38-16-9-8-14(10-15(16)32)29-21(35)39-23(5,6)24(26,27)28/h8-10,12-13,17H,7,11H2,1-6H3,(H,29,35)(H,33,34). The van der Waals surface area contributed by atoms with Crippen molar-refractivity contribution in [2.45, 2.75) is 83.3 Å². The molecular weight excluding hydrogens is 581 g/mol. The van der Waals surface area contributed by atoms with Crippen molar-refractivity contribution in [1.82, 2.24) is 9.78 Å². The van der Waals surface area contributed by atoms with Crippen LogP contribution in [0.2, 0.25) is 5.15 Å². The van der Waals surface area contributed by atoms with Gasteiger partial charge in [0.2, 0.25) is 5.60 Å². The zero-order valence-corrected chi connectivity index (χ0v) is 24.1. The van der Waals surface area contributed by atoms with Gasteiger partial charge in [-0.15, -0.1) is 0 Å². The molecule has 11 nitrogen and oxygen atoms in total. The Labute approximate surface area is 234 Å². The zero-order valence-electron chi connectivity index (χ0n) is 22.5. The average Bonchev–Trinajstić information content (AvgIpc) is 3.20. The van der Waals surface area contributed by atoms with Crippen LogP contribution in [0.15, 0.2) is 29.3 Å². The Bertz CT molecular complexity index is 1410. The van der Waals surface area contributed by atoms with E-state index in [2.05, 4.69) is 15.2 Å². The number of rotatable bonds is 8. The van der Waals surface area contributed by atoms with Crippen molar-refractivity contribution >= 4 is 45.1 Å². The quantitative estimate of drug-likeness (QED) is 0.411. The first-order valence-electron chi connectivity index (χ1n) is 12.1. The molecule has 1 aromatic carbocycles. The Hall–Kier alpha value is -3.20. The second-order valence-corrected chi connectivity index (χ2v) is 12.6. The van der Waals surface area contributed by atoms with Crippen LogP contribution in [0.25, 0.3) is 0 Å². The highest BCUT2D eigenvalue weighted by Gasteiger charge is 2.51. The van der Waals surface area contributed by atoms with E-state index in [4.69, 9.17) is 16.3 Å². The molecule has 1 amide bonds. The molecule has 3 rings (SSSR count). The number of benzene rings is 1. The van der Waals surface area contributed by atoms with Crippen LogP contribution in [0.4, 0.5) is 29.3 Å². The van der Waals surface area contributed by atoms with Gasteiger partial charge >= 0.3 is 18.2 Å². The van der Waals surface area contributed by atoms with Gasteiger partial charge in [0.25, 0.3) is 10.0 Å². The Balaban J connectivity index is 2.08. The number of nitrogens with zero attached hydrogens (tertiary/aromatic N) is 3. The minimum absolute atomic E-state index is 0.0291. The number of fused-ring (bicyclic) bond motifs is 1. The largest absolute Gasteiger partial charge is 0.486 e. The van der Waals surface area contributed by atoms with Crippen molar-refractivity contribution in [1.29, 1.82) is 0 Å². The number of sulfonamides is 1. The lowest BCUT2D eigenvalue weighted by Gasteiger charge is -2.42. The number of carboxylic acids is 1. The molecule has 16 heteroatoms. The van der Waals surface area contributed by atoms with Crippen LogP contribution in [0.3, 0.4) is 0 Å². The molecule has 0 spiro atoms. The summed E-state index contributed by atoms with van der Waals surface area (Å²) < 4.78 is 80.3. The highest BCUT2D eigenvalue weighted by molar-refractivity contribution is 7.93. The van der Waals surface area contributed by atoms with E-state index in [1.807, 2.05) is 0 Å². The highest BCUT2D eigenvalue weighted by atomic mass is 35.5. The molecule has 1 aliphatic heterocycles. The summed E-state index contributed by atoms with van der Waals surface area (Å²) in [5.41, 5.74) is -4.23. The number of anilines is 2. The Morgan fingerprint density at radius 1 is 1.23 bits per heavy atom. The van der Waals surface area contributed by atoms with Gasteiger partial charge in [0, 0.05) is 24.8 Å². The summed E-state index contributed by atoms with van der Waals surface area (Å²) >= 11 is 6.17. The van der Waals surface area contributed by atoms with E-state index < -0.39 is 51.4 Å². The maximum absolute atomic E-state index is 14.0. The number of hydrogen-bond acceptors (Lipinski definition) is 7. The fraction of sp³-hybridized carbons (Fsp3) is 0.542. The lowest BCUT2D eigenvalue weighted by molar-refractivity contribution is -0.242. The summed E-state index contributed by atoms with van der Waals surface area (Å²) in [4.78, 5) is 23.8. The number of aromatic nitrogens is 2. The van der Waals surface area contributed by atoms with E-state index in [1.165, 1.54) is 49.8 Å². The van der Waals surface area contributed by atoms with Crippen LogP contribution in [-0.4, -0.2) is 59.3 Å². The summed E-state index contributed by atoms with van der Waals surface area (Å²) in [6.45, 7) is 7.88. The summed E-state index contributed by atoms with van der Waals surface area (Å²) in [5.74, 6) is -1.09. The number of ether oxygens (including phenoxy) is 2. The van der Waals surface area contributed by atoms with Crippen LogP contribution in [0, 0.1) is 5.41 Å². The minimum Gasteiger partial charge on any atom is -0.486 e. The van der Waals surface area contributed by atoms with Crippen LogP contribution < -0.4 is 14.4 Å². The molecule has 0 radical (unpaired) electrons. The van der Waals surface area contributed by atoms with Crippen molar-refractivity contribution in [2.75, 3.05) is 9.62 Å². The Morgan fingerprint density at radius 3 is 2.38 bits per heavy atom.